The van der Waals surface area contributed by atoms with Crippen LogP contribution in [0.15, 0.2) is 30.3 Å². The number of likely N-dealkylation sites (N-methyl/N-ethyl adjacent to an activating group) is 1. The first-order valence-electron chi connectivity index (χ1n) is 5.72. The number of nitrogens with zero attached hydrogens (tertiary/aromatic N) is 2. The Morgan fingerprint density at radius 3 is 2.47 bits per heavy atom. The molecule has 0 spiro atoms. The molecule has 0 atom stereocenters. The Balaban J connectivity index is 1.91. The zero-order valence-electron chi connectivity index (χ0n) is 9.93. The highest BCUT2D eigenvalue weighted by atomic mass is 16.2. The Labute approximate surface area is 101 Å². The summed E-state index contributed by atoms with van der Waals surface area (Å²) in [5.74, 6) is 0.0423. The van der Waals surface area contributed by atoms with Gasteiger partial charge in [-0.25, -0.2) is 0 Å². The summed E-state index contributed by atoms with van der Waals surface area (Å²) in [6.07, 6.45) is 0.795. The SMILES string of the molecule is CN1CC(=O)N(CCc2ccccc2)CC1=O. The lowest BCUT2D eigenvalue weighted by Crippen LogP contribution is -2.52. The molecule has 1 aromatic carbocycles. The van der Waals surface area contributed by atoms with Crippen LogP contribution in [0.25, 0.3) is 0 Å². The van der Waals surface area contributed by atoms with Crippen molar-refractivity contribution in [3.63, 3.8) is 0 Å². The number of amides is 2. The normalized spacial score (nSPS) is 16.5. The molecule has 2 amide bonds. The molecule has 0 radical (unpaired) electrons. The Hall–Kier alpha value is -1.84. The smallest absolute Gasteiger partial charge is 0.242 e. The number of rotatable bonds is 3. The molecule has 1 aliphatic heterocycles. The van der Waals surface area contributed by atoms with Crippen LogP contribution in [0.3, 0.4) is 0 Å². The molecule has 0 aromatic heterocycles. The average molecular weight is 232 g/mol. The van der Waals surface area contributed by atoms with E-state index in [0.29, 0.717) is 6.54 Å². The lowest BCUT2D eigenvalue weighted by atomic mass is 10.1. The number of carbonyl (C=O) groups is 2. The molecule has 2 rings (SSSR count). The van der Waals surface area contributed by atoms with E-state index in [2.05, 4.69) is 0 Å². The standard InChI is InChI=1S/C13H16N2O2/c1-14-9-13(17)15(10-12(14)16)8-7-11-5-3-2-4-6-11/h2-6H,7-10H2,1H3. The largest absolute Gasteiger partial charge is 0.335 e. The van der Waals surface area contributed by atoms with E-state index >= 15 is 0 Å². The molecular formula is C13H16N2O2. The molecule has 4 nitrogen and oxygen atoms in total. The maximum atomic E-state index is 11.7. The van der Waals surface area contributed by atoms with Gasteiger partial charge in [-0.05, 0) is 12.0 Å². The van der Waals surface area contributed by atoms with E-state index in [1.807, 2.05) is 30.3 Å². The van der Waals surface area contributed by atoms with E-state index in [1.54, 1.807) is 11.9 Å². The van der Waals surface area contributed by atoms with Crippen molar-refractivity contribution in [2.45, 2.75) is 6.42 Å². The van der Waals surface area contributed by atoms with E-state index in [-0.39, 0.29) is 24.9 Å². The third-order valence-corrected chi connectivity index (χ3v) is 2.99. The summed E-state index contributed by atoms with van der Waals surface area (Å²) in [6, 6.07) is 9.98. The van der Waals surface area contributed by atoms with Gasteiger partial charge in [-0.2, -0.15) is 0 Å². The summed E-state index contributed by atoms with van der Waals surface area (Å²) in [7, 11) is 1.66. The van der Waals surface area contributed by atoms with Gasteiger partial charge in [0.2, 0.25) is 11.8 Å². The summed E-state index contributed by atoms with van der Waals surface area (Å²) >= 11 is 0. The minimum atomic E-state index is 0.0117. The number of piperazine rings is 1. The molecule has 1 saturated heterocycles. The zero-order chi connectivity index (χ0) is 12.3. The van der Waals surface area contributed by atoms with E-state index < -0.39 is 0 Å². The predicted molar refractivity (Wildman–Crippen MR) is 64.4 cm³/mol. The molecule has 0 bridgehead atoms. The number of benzene rings is 1. The van der Waals surface area contributed by atoms with Crippen LogP contribution in [0.4, 0.5) is 0 Å². The van der Waals surface area contributed by atoms with Crippen LogP contribution in [0, 0.1) is 0 Å². The molecule has 90 valence electrons. The van der Waals surface area contributed by atoms with Crippen molar-refractivity contribution in [1.82, 2.24) is 9.80 Å². The van der Waals surface area contributed by atoms with Gasteiger partial charge in [0.05, 0.1) is 13.1 Å². The van der Waals surface area contributed by atoms with Gasteiger partial charge in [-0.1, -0.05) is 30.3 Å². The molecule has 0 saturated carbocycles. The second kappa shape index (κ2) is 4.99. The highest BCUT2D eigenvalue weighted by molar-refractivity contribution is 5.92. The summed E-state index contributed by atoms with van der Waals surface area (Å²) in [5, 5.41) is 0. The van der Waals surface area contributed by atoms with E-state index in [9.17, 15) is 9.59 Å². The fraction of sp³-hybridized carbons (Fsp3) is 0.385. The molecule has 0 aliphatic carbocycles. The Bertz CT molecular complexity index is 417. The molecular weight excluding hydrogens is 216 g/mol. The van der Waals surface area contributed by atoms with Crippen LogP contribution >= 0.6 is 0 Å². The lowest BCUT2D eigenvalue weighted by molar-refractivity contribution is -0.148. The molecule has 1 aliphatic rings. The predicted octanol–water partition coefficient (Wildman–Crippen LogP) is 0.530. The number of hydrogen-bond acceptors (Lipinski definition) is 2. The van der Waals surface area contributed by atoms with Gasteiger partial charge >= 0.3 is 0 Å². The van der Waals surface area contributed by atoms with E-state index in [1.165, 1.54) is 10.5 Å². The van der Waals surface area contributed by atoms with Gasteiger partial charge in [-0.3, -0.25) is 9.59 Å². The molecule has 17 heavy (non-hydrogen) atoms. The molecule has 1 aromatic rings. The van der Waals surface area contributed by atoms with Crippen LogP contribution in [0.1, 0.15) is 5.56 Å². The third-order valence-electron chi connectivity index (χ3n) is 2.99. The Kier molecular flexibility index (Phi) is 3.42. The van der Waals surface area contributed by atoms with Crippen molar-refractivity contribution in [2.24, 2.45) is 0 Å². The van der Waals surface area contributed by atoms with E-state index in [4.69, 9.17) is 0 Å². The summed E-state index contributed by atoms with van der Waals surface area (Å²) in [6.45, 7) is 1.03. The first-order chi connectivity index (χ1) is 8.16. The lowest BCUT2D eigenvalue weighted by Gasteiger charge is -2.31. The summed E-state index contributed by atoms with van der Waals surface area (Å²) < 4.78 is 0. The molecule has 1 heterocycles. The summed E-state index contributed by atoms with van der Waals surface area (Å²) in [4.78, 5) is 26.3. The van der Waals surface area contributed by atoms with Crippen molar-refractivity contribution < 1.29 is 9.59 Å². The fourth-order valence-corrected chi connectivity index (χ4v) is 1.88. The summed E-state index contributed by atoms with van der Waals surface area (Å²) in [5.41, 5.74) is 1.19. The number of carbonyl (C=O) groups excluding carboxylic acids is 2. The zero-order valence-corrected chi connectivity index (χ0v) is 9.93. The van der Waals surface area contributed by atoms with Crippen LogP contribution in [-0.4, -0.2) is 48.3 Å². The van der Waals surface area contributed by atoms with Crippen molar-refractivity contribution in [1.29, 1.82) is 0 Å². The fourth-order valence-electron chi connectivity index (χ4n) is 1.88. The Morgan fingerprint density at radius 1 is 1.06 bits per heavy atom. The van der Waals surface area contributed by atoms with Gasteiger partial charge in [0.25, 0.3) is 0 Å². The maximum Gasteiger partial charge on any atom is 0.242 e. The Morgan fingerprint density at radius 2 is 1.76 bits per heavy atom. The van der Waals surface area contributed by atoms with Gasteiger partial charge in [0.1, 0.15) is 0 Å². The van der Waals surface area contributed by atoms with Gasteiger partial charge < -0.3 is 9.80 Å². The minimum Gasteiger partial charge on any atom is -0.335 e. The van der Waals surface area contributed by atoms with Crippen molar-refractivity contribution in [3.8, 4) is 0 Å². The minimum absolute atomic E-state index is 0.0117. The van der Waals surface area contributed by atoms with Crippen molar-refractivity contribution in [3.05, 3.63) is 35.9 Å². The highest BCUT2D eigenvalue weighted by Gasteiger charge is 2.26. The van der Waals surface area contributed by atoms with Crippen molar-refractivity contribution in [2.75, 3.05) is 26.7 Å². The average Bonchev–Trinajstić information content (AvgIpc) is 2.33. The van der Waals surface area contributed by atoms with Crippen LogP contribution in [0.2, 0.25) is 0 Å². The van der Waals surface area contributed by atoms with Crippen LogP contribution in [0.5, 0.6) is 0 Å². The van der Waals surface area contributed by atoms with E-state index in [0.717, 1.165) is 6.42 Å². The maximum absolute atomic E-state index is 11.7. The first kappa shape index (κ1) is 11.6. The molecule has 0 unspecified atom stereocenters. The molecule has 0 N–H and O–H groups in total. The highest BCUT2D eigenvalue weighted by Crippen LogP contribution is 2.06. The van der Waals surface area contributed by atoms with Crippen molar-refractivity contribution >= 4 is 11.8 Å². The van der Waals surface area contributed by atoms with Crippen LogP contribution < -0.4 is 0 Å². The first-order valence-corrected chi connectivity index (χ1v) is 5.72. The molecule has 1 fully saturated rings. The third kappa shape index (κ3) is 2.84. The monoisotopic (exact) mass is 232 g/mol. The van der Waals surface area contributed by atoms with Crippen LogP contribution in [-0.2, 0) is 16.0 Å². The number of hydrogen-bond donors (Lipinski definition) is 0. The van der Waals surface area contributed by atoms with Gasteiger partial charge in [-0.15, -0.1) is 0 Å². The quantitative estimate of drug-likeness (QED) is 0.762. The second-order valence-corrected chi connectivity index (χ2v) is 4.30. The van der Waals surface area contributed by atoms with Gasteiger partial charge in [0, 0.05) is 13.6 Å². The second-order valence-electron chi connectivity index (χ2n) is 4.30. The topological polar surface area (TPSA) is 40.6 Å². The molecule has 4 heteroatoms. The van der Waals surface area contributed by atoms with Gasteiger partial charge in [0.15, 0.2) is 0 Å².